The molecular formula is C9H12ClN3O. The predicted octanol–water partition coefficient (Wildman–Crippen LogP) is 1.15. The van der Waals surface area contributed by atoms with Gasteiger partial charge in [-0.15, -0.1) is 0 Å². The van der Waals surface area contributed by atoms with Crippen molar-refractivity contribution in [2.45, 2.75) is 0 Å². The zero-order valence-electron chi connectivity index (χ0n) is 7.74. The molecule has 0 aliphatic carbocycles. The van der Waals surface area contributed by atoms with Crippen LogP contribution in [0.25, 0.3) is 0 Å². The standard InChI is InChI=1S/C9H12ClN3O/c10-7-1-2-8(12-9(7)11)13-3-5-14-6-4-13/h1-2H,3-6H2,(H2,11,12). The number of rotatable bonds is 1. The number of nitrogens with two attached hydrogens (primary N) is 1. The lowest BCUT2D eigenvalue weighted by Crippen LogP contribution is -2.36. The first-order valence-corrected chi connectivity index (χ1v) is 4.90. The van der Waals surface area contributed by atoms with Crippen molar-refractivity contribution < 1.29 is 4.74 Å². The van der Waals surface area contributed by atoms with Gasteiger partial charge < -0.3 is 15.4 Å². The van der Waals surface area contributed by atoms with E-state index in [0.29, 0.717) is 10.8 Å². The molecule has 14 heavy (non-hydrogen) atoms. The molecule has 0 atom stereocenters. The summed E-state index contributed by atoms with van der Waals surface area (Å²) in [6.07, 6.45) is 0. The third-order valence-corrected chi connectivity index (χ3v) is 2.51. The van der Waals surface area contributed by atoms with Crippen LogP contribution in [-0.4, -0.2) is 31.3 Å². The lowest BCUT2D eigenvalue weighted by atomic mass is 10.3. The van der Waals surface area contributed by atoms with E-state index in [1.807, 2.05) is 6.07 Å². The smallest absolute Gasteiger partial charge is 0.144 e. The van der Waals surface area contributed by atoms with E-state index in [9.17, 15) is 0 Å². The Kier molecular flexibility index (Phi) is 2.74. The van der Waals surface area contributed by atoms with E-state index >= 15 is 0 Å². The van der Waals surface area contributed by atoms with Crippen molar-refractivity contribution in [3.63, 3.8) is 0 Å². The first kappa shape index (κ1) is 9.55. The highest BCUT2D eigenvalue weighted by molar-refractivity contribution is 6.32. The molecule has 0 bridgehead atoms. The van der Waals surface area contributed by atoms with Gasteiger partial charge in [0.1, 0.15) is 11.6 Å². The summed E-state index contributed by atoms with van der Waals surface area (Å²) in [5.74, 6) is 1.26. The number of hydrogen-bond donors (Lipinski definition) is 1. The van der Waals surface area contributed by atoms with Crippen LogP contribution in [0.3, 0.4) is 0 Å². The maximum atomic E-state index is 5.79. The quantitative estimate of drug-likeness (QED) is 0.761. The summed E-state index contributed by atoms with van der Waals surface area (Å²) < 4.78 is 5.25. The fourth-order valence-corrected chi connectivity index (χ4v) is 1.52. The average Bonchev–Trinajstić information content (AvgIpc) is 2.23. The molecule has 76 valence electrons. The van der Waals surface area contributed by atoms with Crippen molar-refractivity contribution in [1.29, 1.82) is 0 Å². The number of pyridine rings is 1. The van der Waals surface area contributed by atoms with Crippen molar-refractivity contribution in [2.24, 2.45) is 0 Å². The van der Waals surface area contributed by atoms with Crippen LogP contribution in [0.2, 0.25) is 5.02 Å². The fraction of sp³-hybridized carbons (Fsp3) is 0.444. The van der Waals surface area contributed by atoms with Crippen molar-refractivity contribution in [2.75, 3.05) is 36.9 Å². The SMILES string of the molecule is Nc1nc(N2CCOCC2)ccc1Cl. The maximum absolute atomic E-state index is 5.79. The van der Waals surface area contributed by atoms with Crippen molar-refractivity contribution in [3.05, 3.63) is 17.2 Å². The van der Waals surface area contributed by atoms with Crippen LogP contribution in [-0.2, 0) is 4.74 Å². The minimum atomic E-state index is 0.385. The highest BCUT2D eigenvalue weighted by Crippen LogP contribution is 2.21. The molecule has 2 N–H and O–H groups in total. The topological polar surface area (TPSA) is 51.4 Å². The van der Waals surface area contributed by atoms with Crippen molar-refractivity contribution >= 4 is 23.2 Å². The van der Waals surface area contributed by atoms with Crippen LogP contribution < -0.4 is 10.6 Å². The molecule has 0 saturated carbocycles. The van der Waals surface area contributed by atoms with Crippen LogP contribution in [0.15, 0.2) is 12.1 Å². The van der Waals surface area contributed by atoms with Crippen LogP contribution in [0, 0.1) is 0 Å². The second-order valence-electron chi connectivity index (χ2n) is 3.14. The predicted molar refractivity (Wildman–Crippen MR) is 56.7 cm³/mol. The summed E-state index contributed by atoms with van der Waals surface area (Å²) in [6, 6.07) is 3.65. The Labute approximate surface area is 87.6 Å². The van der Waals surface area contributed by atoms with Gasteiger partial charge in [-0.3, -0.25) is 0 Å². The molecule has 0 unspecified atom stereocenters. The van der Waals surface area contributed by atoms with Crippen molar-refractivity contribution in [1.82, 2.24) is 4.98 Å². The Morgan fingerprint density at radius 2 is 2.07 bits per heavy atom. The number of hydrogen-bond acceptors (Lipinski definition) is 4. The third-order valence-electron chi connectivity index (χ3n) is 2.19. The van der Waals surface area contributed by atoms with E-state index in [1.165, 1.54) is 0 Å². The molecule has 1 saturated heterocycles. The number of aromatic nitrogens is 1. The second kappa shape index (κ2) is 4.02. The first-order chi connectivity index (χ1) is 6.77. The largest absolute Gasteiger partial charge is 0.382 e. The normalized spacial score (nSPS) is 17.1. The first-order valence-electron chi connectivity index (χ1n) is 4.52. The van der Waals surface area contributed by atoms with Gasteiger partial charge >= 0.3 is 0 Å². The Morgan fingerprint density at radius 3 is 2.71 bits per heavy atom. The molecule has 0 amide bonds. The van der Waals surface area contributed by atoms with E-state index in [-0.39, 0.29) is 0 Å². The molecule has 2 rings (SSSR count). The zero-order chi connectivity index (χ0) is 9.97. The zero-order valence-corrected chi connectivity index (χ0v) is 8.50. The molecule has 2 heterocycles. The van der Waals surface area contributed by atoms with Gasteiger partial charge in [-0.2, -0.15) is 0 Å². The number of anilines is 2. The van der Waals surface area contributed by atoms with Gasteiger partial charge in [0, 0.05) is 13.1 Å². The lowest BCUT2D eigenvalue weighted by Gasteiger charge is -2.27. The highest BCUT2D eigenvalue weighted by atomic mass is 35.5. The van der Waals surface area contributed by atoms with Gasteiger partial charge in [-0.05, 0) is 12.1 Å². The summed E-state index contributed by atoms with van der Waals surface area (Å²) in [6.45, 7) is 3.19. The Bertz CT molecular complexity index is 326. The lowest BCUT2D eigenvalue weighted by molar-refractivity contribution is 0.122. The Balaban J connectivity index is 2.18. The van der Waals surface area contributed by atoms with E-state index < -0.39 is 0 Å². The van der Waals surface area contributed by atoms with Gasteiger partial charge in [0.05, 0.1) is 18.2 Å². The van der Waals surface area contributed by atoms with Gasteiger partial charge in [0.25, 0.3) is 0 Å². The van der Waals surface area contributed by atoms with Gasteiger partial charge in [0.2, 0.25) is 0 Å². The molecule has 0 aromatic carbocycles. The van der Waals surface area contributed by atoms with Gasteiger partial charge in [0.15, 0.2) is 0 Å². The summed E-state index contributed by atoms with van der Waals surface area (Å²) in [5.41, 5.74) is 5.63. The minimum Gasteiger partial charge on any atom is -0.382 e. The summed E-state index contributed by atoms with van der Waals surface area (Å²) in [7, 11) is 0. The molecule has 1 aliphatic rings. The van der Waals surface area contributed by atoms with E-state index in [1.54, 1.807) is 6.07 Å². The van der Waals surface area contributed by atoms with Crippen molar-refractivity contribution in [3.8, 4) is 0 Å². The number of halogens is 1. The van der Waals surface area contributed by atoms with Crippen LogP contribution in [0.1, 0.15) is 0 Å². The highest BCUT2D eigenvalue weighted by Gasteiger charge is 2.12. The van der Waals surface area contributed by atoms with E-state index in [4.69, 9.17) is 22.1 Å². The molecule has 4 nitrogen and oxygen atoms in total. The Morgan fingerprint density at radius 1 is 1.36 bits per heavy atom. The fourth-order valence-electron chi connectivity index (χ4n) is 1.42. The van der Waals surface area contributed by atoms with Crippen LogP contribution >= 0.6 is 11.6 Å². The maximum Gasteiger partial charge on any atom is 0.144 e. The molecule has 1 aromatic heterocycles. The minimum absolute atomic E-state index is 0.385. The number of nitrogens with zero attached hydrogens (tertiary/aromatic N) is 2. The van der Waals surface area contributed by atoms with E-state index in [2.05, 4.69) is 9.88 Å². The summed E-state index contributed by atoms with van der Waals surface area (Å²) >= 11 is 5.79. The van der Waals surface area contributed by atoms with Gasteiger partial charge in [-0.1, -0.05) is 11.6 Å². The number of morpholine rings is 1. The third kappa shape index (κ3) is 1.91. The second-order valence-corrected chi connectivity index (χ2v) is 3.54. The van der Waals surface area contributed by atoms with E-state index in [0.717, 1.165) is 32.1 Å². The monoisotopic (exact) mass is 213 g/mol. The molecule has 1 aromatic rings. The molecule has 5 heteroatoms. The summed E-state index contributed by atoms with van der Waals surface area (Å²) in [5, 5.41) is 0.502. The van der Waals surface area contributed by atoms with Crippen LogP contribution in [0.4, 0.5) is 11.6 Å². The molecule has 0 spiro atoms. The average molecular weight is 214 g/mol. The number of nitrogen functional groups attached to an aromatic ring is 1. The Hall–Kier alpha value is -1.00. The molecule has 0 radical (unpaired) electrons. The molecule has 1 fully saturated rings. The number of ether oxygens (including phenoxy) is 1. The van der Waals surface area contributed by atoms with Gasteiger partial charge in [-0.25, -0.2) is 4.98 Å². The molecule has 1 aliphatic heterocycles. The molecular weight excluding hydrogens is 202 g/mol. The summed E-state index contributed by atoms with van der Waals surface area (Å²) in [4.78, 5) is 6.35. The van der Waals surface area contributed by atoms with Crippen LogP contribution in [0.5, 0.6) is 0 Å².